The second kappa shape index (κ2) is 25.3. The monoisotopic (exact) mass is 1280 g/mol. The number of anilines is 2. The molecule has 4 aliphatic heterocycles. The van der Waals surface area contributed by atoms with Crippen molar-refractivity contribution >= 4 is 78.3 Å². The van der Waals surface area contributed by atoms with Crippen molar-refractivity contribution in [2.24, 2.45) is 35.5 Å². The van der Waals surface area contributed by atoms with Crippen molar-refractivity contribution in [2.75, 3.05) is 60.7 Å². The lowest BCUT2D eigenvalue weighted by Gasteiger charge is -2.47. The average molecular weight is 1280 g/mol. The van der Waals surface area contributed by atoms with Crippen molar-refractivity contribution < 1.29 is 45.5 Å². The van der Waals surface area contributed by atoms with Crippen LogP contribution in [0.2, 0.25) is 10.0 Å². The van der Waals surface area contributed by atoms with E-state index in [1.54, 1.807) is 24.3 Å². The van der Waals surface area contributed by atoms with Gasteiger partial charge >= 0.3 is 0 Å². The molecule has 16 nitrogen and oxygen atoms in total. The first-order valence-electron chi connectivity index (χ1n) is 32.7. The van der Waals surface area contributed by atoms with Crippen molar-refractivity contribution in [3.05, 3.63) is 116 Å². The number of nitrogens with zero attached hydrogens (tertiary/aromatic N) is 2. The summed E-state index contributed by atoms with van der Waals surface area (Å²) in [5.74, 6) is 2.14. The van der Waals surface area contributed by atoms with Crippen LogP contribution in [-0.4, -0.2) is 103 Å². The smallest absolute Gasteiger partial charge is 0.264 e. The molecular formula is C68H84Cl2N6O10S2. The number of ether oxygens (including phenoxy) is 2. The standard InChI is InChI=1S/2C34H42ClN3O5S/c2*35-26-11-13-28-23(17-26)5-4-15-34(28)20-38-19-25-9-12-27(25)29(36-32(39)22-7-8-22)6-2-1-3-16-44(41,42)37-33(40)24-10-14-31(43-21-34)30(38)18-24/h2*10-11,13-14,17-18,22,25,27,29H,1-9,12,15-16,19-21H2,(H,36,39)(H,37,40)/t25-,27+,29+,34-;25-,27+,29-,34-/m00/s1. The summed E-state index contributed by atoms with van der Waals surface area (Å²) < 4.78 is 69.1. The molecule has 14 rings (SSSR count). The van der Waals surface area contributed by atoms with Gasteiger partial charge in [0.15, 0.2) is 0 Å². The largest absolute Gasteiger partial charge is 0.490 e. The fourth-order valence-corrected chi connectivity index (χ4v) is 18.6. The van der Waals surface area contributed by atoms with Gasteiger partial charge in [-0.2, -0.15) is 0 Å². The predicted molar refractivity (Wildman–Crippen MR) is 342 cm³/mol. The number of hydrogen-bond donors (Lipinski definition) is 4. The fraction of sp³-hybridized carbons (Fsp3) is 0.588. The Balaban J connectivity index is 0.000000162. The van der Waals surface area contributed by atoms with E-state index < -0.39 is 31.9 Å². The van der Waals surface area contributed by atoms with E-state index in [1.165, 1.54) is 22.3 Å². The third kappa shape index (κ3) is 13.4. The van der Waals surface area contributed by atoms with Crippen molar-refractivity contribution in [3.8, 4) is 11.5 Å². The third-order valence-electron chi connectivity index (χ3n) is 21.4. The van der Waals surface area contributed by atoms with Crippen LogP contribution in [0.1, 0.15) is 171 Å². The van der Waals surface area contributed by atoms with E-state index in [1.807, 2.05) is 24.3 Å². The number of carbonyl (C=O) groups is 4. The summed E-state index contributed by atoms with van der Waals surface area (Å²) in [7, 11) is -7.56. The predicted octanol–water partition coefficient (Wildman–Crippen LogP) is 10.7. The molecule has 0 unspecified atom stereocenters. The summed E-state index contributed by atoms with van der Waals surface area (Å²) in [4.78, 5) is 57.1. The molecule has 4 fully saturated rings. The van der Waals surface area contributed by atoms with Crippen LogP contribution in [0.5, 0.6) is 11.5 Å². The SMILES string of the molecule is O=C1NS(=O)(=O)CCCCC[C@@H](NC(=O)C2CC2)[C@@H]2CC[C@H]2CN2C[C@@]3(CCCc4cc(Cl)ccc43)COc3ccc1cc32.O=C1NS(=O)(=O)CCCCC[C@H](NC(=O)C2CC2)[C@@H]2CC[C@H]2CN2C[C@@]3(CCCc4cc(Cl)ccc43)COc3ccc1cc32. The first kappa shape index (κ1) is 61.3. The Morgan fingerprint density at radius 3 is 1.34 bits per heavy atom. The van der Waals surface area contributed by atoms with E-state index in [2.05, 4.69) is 54.1 Å². The molecule has 8 atom stereocenters. The zero-order chi connectivity index (χ0) is 61.0. The zero-order valence-corrected chi connectivity index (χ0v) is 53.5. The number of aryl methyl sites for hydroxylation is 2. The van der Waals surface area contributed by atoms with Crippen LogP contribution >= 0.6 is 23.2 Å². The molecule has 20 heteroatoms. The van der Waals surface area contributed by atoms with Gasteiger partial charge in [-0.1, -0.05) is 61.0 Å². The topological polar surface area (TPSA) is 210 Å². The van der Waals surface area contributed by atoms with Crippen molar-refractivity contribution in [2.45, 2.75) is 164 Å². The molecule has 88 heavy (non-hydrogen) atoms. The van der Waals surface area contributed by atoms with Gasteiger partial charge in [0.1, 0.15) is 11.5 Å². The third-order valence-corrected chi connectivity index (χ3v) is 24.5. The van der Waals surface area contributed by atoms with E-state index in [-0.39, 0.29) is 58.1 Å². The van der Waals surface area contributed by atoms with Gasteiger partial charge in [-0.05, 0) is 222 Å². The minimum absolute atomic E-state index is 0.0895. The molecule has 0 saturated heterocycles. The Bertz CT molecular complexity index is 3350. The molecule has 6 aliphatic carbocycles. The maximum Gasteiger partial charge on any atom is 0.264 e. The second-order valence-electron chi connectivity index (χ2n) is 27.6. The van der Waals surface area contributed by atoms with Gasteiger partial charge in [0.05, 0.1) is 36.1 Å². The van der Waals surface area contributed by atoms with Crippen molar-refractivity contribution in [1.29, 1.82) is 0 Å². The second-order valence-corrected chi connectivity index (χ2v) is 32.1. The number of rotatable bonds is 4. The molecule has 4 heterocycles. The van der Waals surface area contributed by atoms with Gasteiger partial charge in [-0.15, -0.1) is 0 Å². The molecule has 4 aromatic carbocycles. The molecule has 4 aromatic rings. The first-order chi connectivity index (χ1) is 42.4. The average Bonchev–Trinajstić information content (AvgIpc) is 1.94. The molecule has 0 radical (unpaired) electrons. The molecule has 4 N–H and O–H groups in total. The summed E-state index contributed by atoms with van der Waals surface area (Å²) >= 11 is 12.8. The van der Waals surface area contributed by atoms with Crippen molar-refractivity contribution in [1.82, 2.24) is 20.1 Å². The lowest BCUT2D eigenvalue weighted by molar-refractivity contribution is -0.124. The Morgan fingerprint density at radius 2 is 0.943 bits per heavy atom. The maximum atomic E-state index is 13.2. The summed E-state index contributed by atoms with van der Waals surface area (Å²) in [6, 6.07) is 23.2. The number of hydrogen-bond acceptors (Lipinski definition) is 12. The minimum atomic E-state index is -3.78. The summed E-state index contributed by atoms with van der Waals surface area (Å²) in [5, 5.41) is 8.32. The lowest BCUT2D eigenvalue weighted by Crippen LogP contribution is -2.52. The molecule has 0 aromatic heterocycles. The van der Waals surface area contributed by atoms with Gasteiger partial charge in [0.25, 0.3) is 11.8 Å². The van der Waals surface area contributed by atoms with Crippen LogP contribution in [0, 0.1) is 35.5 Å². The highest BCUT2D eigenvalue weighted by Crippen LogP contribution is 2.50. The Labute approximate surface area is 528 Å². The summed E-state index contributed by atoms with van der Waals surface area (Å²) in [5.41, 5.74) is 6.84. The van der Waals surface area contributed by atoms with E-state index in [0.717, 1.165) is 176 Å². The quantitative estimate of drug-likeness (QED) is 0.150. The van der Waals surface area contributed by atoms with Gasteiger partial charge in [0, 0.05) is 82.1 Å². The Kier molecular flexibility index (Phi) is 17.6. The Hall–Kier alpha value is -5.56. The van der Waals surface area contributed by atoms with E-state index >= 15 is 0 Å². The molecule has 4 bridgehead atoms. The van der Waals surface area contributed by atoms with Gasteiger partial charge in [-0.25, -0.2) is 26.3 Å². The maximum absolute atomic E-state index is 13.2. The van der Waals surface area contributed by atoms with Crippen LogP contribution in [0.3, 0.4) is 0 Å². The number of sulfonamides is 2. The summed E-state index contributed by atoms with van der Waals surface area (Å²) in [6.07, 6.45) is 20.0. The molecule has 4 amide bonds. The molecule has 4 saturated carbocycles. The molecule has 10 aliphatic rings. The van der Waals surface area contributed by atoms with Crippen LogP contribution in [0.15, 0.2) is 72.8 Å². The first-order valence-corrected chi connectivity index (χ1v) is 36.8. The van der Waals surface area contributed by atoms with Gasteiger partial charge < -0.3 is 29.9 Å². The molecule has 472 valence electrons. The summed E-state index contributed by atoms with van der Waals surface area (Å²) in [6.45, 7) is 4.04. The van der Waals surface area contributed by atoms with E-state index in [4.69, 9.17) is 32.7 Å². The minimum Gasteiger partial charge on any atom is -0.490 e. The number of benzene rings is 4. The van der Waals surface area contributed by atoms with Gasteiger partial charge in [-0.3, -0.25) is 19.2 Å². The van der Waals surface area contributed by atoms with Crippen LogP contribution < -0.4 is 39.4 Å². The molecular weight excluding hydrogens is 1200 g/mol. The van der Waals surface area contributed by atoms with E-state index in [0.29, 0.717) is 72.4 Å². The number of carbonyl (C=O) groups excluding carboxylic acids is 4. The number of amides is 4. The number of nitrogens with one attached hydrogen (secondary N) is 4. The van der Waals surface area contributed by atoms with Crippen LogP contribution in [-0.2, 0) is 53.3 Å². The van der Waals surface area contributed by atoms with Crippen molar-refractivity contribution in [3.63, 3.8) is 0 Å². The number of fused-ring (bicyclic) bond motifs is 8. The highest BCUT2D eigenvalue weighted by Gasteiger charge is 2.48. The highest BCUT2D eigenvalue weighted by molar-refractivity contribution is 7.90. The highest BCUT2D eigenvalue weighted by atomic mass is 35.5. The van der Waals surface area contributed by atoms with Crippen LogP contribution in [0.4, 0.5) is 11.4 Å². The lowest BCUT2D eigenvalue weighted by atomic mass is 9.67. The normalized spacial score (nSPS) is 30.1. The zero-order valence-electron chi connectivity index (χ0n) is 50.3. The van der Waals surface area contributed by atoms with Crippen LogP contribution in [0.25, 0.3) is 0 Å². The number of halogens is 2. The van der Waals surface area contributed by atoms with Gasteiger partial charge in [0.2, 0.25) is 31.9 Å². The van der Waals surface area contributed by atoms with E-state index in [9.17, 15) is 36.0 Å². The fourth-order valence-electron chi connectivity index (χ4n) is 16.0. The Morgan fingerprint density at radius 1 is 0.511 bits per heavy atom. The molecule has 2 spiro atoms.